The molecule has 5 nitrogen and oxygen atoms in total. The molecule has 0 fully saturated rings. The van der Waals surface area contributed by atoms with Gasteiger partial charge in [-0.1, -0.05) is 41.6 Å². The number of rotatable bonds is 5. The van der Waals surface area contributed by atoms with E-state index in [1.165, 1.54) is 11.1 Å². The quantitative estimate of drug-likeness (QED) is 0.493. The van der Waals surface area contributed by atoms with Crippen molar-refractivity contribution in [2.45, 2.75) is 17.7 Å². The van der Waals surface area contributed by atoms with E-state index in [-0.39, 0.29) is 0 Å². The molecule has 0 atom stereocenters. The summed E-state index contributed by atoms with van der Waals surface area (Å²) in [7, 11) is 1.65. The number of benzene rings is 2. The molecule has 0 radical (unpaired) electrons. The summed E-state index contributed by atoms with van der Waals surface area (Å²) in [5.41, 5.74) is 4.24. The summed E-state index contributed by atoms with van der Waals surface area (Å²) >= 11 is 1.70. The third-order valence-corrected chi connectivity index (χ3v) is 5.05. The van der Waals surface area contributed by atoms with Gasteiger partial charge < -0.3 is 4.74 Å². The van der Waals surface area contributed by atoms with E-state index < -0.39 is 0 Å². The summed E-state index contributed by atoms with van der Waals surface area (Å²) in [5.74, 6) is 2.41. The molecule has 0 saturated carbocycles. The second kappa shape index (κ2) is 7.17. The van der Waals surface area contributed by atoms with Crippen LogP contribution >= 0.6 is 11.8 Å². The highest BCUT2D eigenvalue weighted by molar-refractivity contribution is 7.98. The van der Waals surface area contributed by atoms with Crippen LogP contribution in [-0.2, 0) is 5.75 Å². The molecule has 0 aliphatic rings. The monoisotopic (exact) mass is 362 g/mol. The van der Waals surface area contributed by atoms with Crippen LogP contribution < -0.4 is 4.74 Å². The molecule has 2 heterocycles. The van der Waals surface area contributed by atoms with Crippen LogP contribution in [0.15, 0.2) is 65.7 Å². The van der Waals surface area contributed by atoms with Gasteiger partial charge in [0.05, 0.1) is 7.11 Å². The predicted molar refractivity (Wildman–Crippen MR) is 104 cm³/mol. The highest BCUT2D eigenvalue weighted by Gasteiger charge is 2.10. The van der Waals surface area contributed by atoms with Crippen molar-refractivity contribution < 1.29 is 4.74 Å². The summed E-state index contributed by atoms with van der Waals surface area (Å²) in [4.78, 5) is 0. The highest BCUT2D eigenvalue weighted by atomic mass is 32.2. The van der Waals surface area contributed by atoms with E-state index in [2.05, 4.69) is 41.4 Å². The van der Waals surface area contributed by atoms with Crippen molar-refractivity contribution in [3.8, 4) is 17.1 Å². The third kappa shape index (κ3) is 3.41. The zero-order valence-electron chi connectivity index (χ0n) is 14.6. The van der Waals surface area contributed by atoms with Crippen molar-refractivity contribution >= 4 is 17.4 Å². The number of aryl methyl sites for hydroxylation is 1. The van der Waals surface area contributed by atoms with Crippen LogP contribution in [0.4, 0.5) is 0 Å². The van der Waals surface area contributed by atoms with Crippen LogP contribution in [0.3, 0.4) is 0 Å². The summed E-state index contributed by atoms with van der Waals surface area (Å²) in [5, 5.41) is 14.2. The van der Waals surface area contributed by atoms with Crippen molar-refractivity contribution in [3.05, 3.63) is 71.8 Å². The Morgan fingerprint density at radius 3 is 2.62 bits per heavy atom. The smallest absolute Gasteiger partial charge is 0.185 e. The topological polar surface area (TPSA) is 52.3 Å². The Morgan fingerprint density at radius 1 is 1.00 bits per heavy atom. The first kappa shape index (κ1) is 16.6. The molecule has 0 unspecified atom stereocenters. The first-order valence-corrected chi connectivity index (χ1v) is 9.27. The molecule has 0 bridgehead atoms. The molecule has 0 N–H and O–H groups in total. The van der Waals surface area contributed by atoms with Gasteiger partial charge in [0, 0.05) is 11.3 Å². The van der Waals surface area contributed by atoms with Crippen molar-refractivity contribution in [2.24, 2.45) is 0 Å². The number of fused-ring (bicyclic) bond motifs is 1. The maximum Gasteiger partial charge on any atom is 0.185 e. The molecule has 4 rings (SSSR count). The lowest BCUT2D eigenvalue weighted by molar-refractivity contribution is 0.415. The van der Waals surface area contributed by atoms with Crippen LogP contribution in [0, 0.1) is 6.92 Å². The fourth-order valence-electron chi connectivity index (χ4n) is 2.73. The van der Waals surface area contributed by atoms with Crippen LogP contribution in [0.25, 0.3) is 17.0 Å². The Labute approximate surface area is 156 Å². The molecule has 4 aromatic rings. The van der Waals surface area contributed by atoms with E-state index in [0.717, 1.165) is 33.6 Å². The molecule has 130 valence electrons. The van der Waals surface area contributed by atoms with E-state index in [1.54, 1.807) is 23.4 Å². The number of hydrogen-bond acceptors (Lipinski definition) is 5. The van der Waals surface area contributed by atoms with Gasteiger partial charge in [-0.05, 0) is 48.9 Å². The lowest BCUT2D eigenvalue weighted by Crippen LogP contribution is -1.97. The Morgan fingerprint density at radius 2 is 1.85 bits per heavy atom. The minimum absolute atomic E-state index is 0.723. The lowest BCUT2D eigenvalue weighted by atomic mass is 10.2. The lowest BCUT2D eigenvalue weighted by Gasteiger charge is -2.05. The van der Waals surface area contributed by atoms with E-state index >= 15 is 0 Å². The molecule has 0 amide bonds. The molecule has 26 heavy (non-hydrogen) atoms. The first-order valence-electron chi connectivity index (χ1n) is 8.28. The number of ether oxygens (including phenoxy) is 1. The number of hydrogen-bond donors (Lipinski definition) is 0. The van der Waals surface area contributed by atoms with Crippen molar-refractivity contribution in [1.82, 2.24) is 19.8 Å². The Balaban J connectivity index is 1.61. The van der Waals surface area contributed by atoms with Crippen LogP contribution in [0.1, 0.15) is 11.1 Å². The molecule has 2 aromatic carbocycles. The third-order valence-electron chi connectivity index (χ3n) is 4.06. The standard InChI is InChI=1S/C20H18N4OS/c1-14-4-3-5-15(12-14)13-26-19-11-10-18-21-22-20(24(18)23-19)16-6-8-17(25-2)9-7-16/h3-12H,13H2,1-2H3. The van der Waals surface area contributed by atoms with Gasteiger partial charge in [-0.2, -0.15) is 9.61 Å². The number of methoxy groups -OCH3 is 1. The summed E-state index contributed by atoms with van der Waals surface area (Å²) in [6, 6.07) is 20.2. The van der Waals surface area contributed by atoms with Crippen LogP contribution in [0.5, 0.6) is 5.75 Å². The van der Waals surface area contributed by atoms with E-state index in [0.29, 0.717) is 0 Å². The molecule has 0 spiro atoms. The zero-order valence-corrected chi connectivity index (χ0v) is 15.4. The first-order chi connectivity index (χ1) is 12.7. The second-order valence-corrected chi connectivity index (χ2v) is 6.97. The van der Waals surface area contributed by atoms with Gasteiger partial charge in [0.25, 0.3) is 0 Å². The maximum atomic E-state index is 5.21. The minimum atomic E-state index is 0.723. The van der Waals surface area contributed by atoms with E-state index in [9.17, 15) is 0 Å². The maximum absolute atomic E-state index is 5.21. The molecule has 0 saturated heterocycles. The van der Waals surface area contributed by atoms with E-state index in [1.807, 2.05) is 36.4 Å². The van der Waals surface area contributed by atoms with Gasteiger partial charge in [0.15, 0.2) is 11.5 Å². The fourth-order valence-corrected chi connectivity index (χ4v) is 3.53. The van der Waals surface area contributed by atoms with Gasteiger partial charge >= 0.3 is 0 Å². The largest absolute Gasteiger partial charge is 0.497 e. The molecule has 2 aromatic heterocycles. The van der Waals surface area contributed by atoms with Gasteiger partial charge in [-0.25, -0.2) is 0 Å². The van der Waals surface area contributed by atoms with Crippen molar-refractivity contribution in [3.63, 3.8) is 0 Å². The second-order valence-electron chi connectivity index (χ2n) is 5.97. The van der Waals surface area contributed by atoms with Gasteiger partial charge in [-0.15, -0.1) is 10.2 Å². The molecule has 0 aliphatic heterocycles. The van der Waals surface area contributed by atoms with Crippen LogP contribution in [-0.4, -0.2) is 26.9 Å². The van der Waals surface area contributed by atoms with E-state index in [4.69, 9.17) is 9.84 Å². The Hall–Kier alpha value is -2.86. The van der Waals surface area contributed by atoms with Crippen LogP contribution in [0.2, 0.25) is 0 Å². The van der Waals surface area contributed by atoms with Crippen molar-refractivity contribution in [1.29, 1.82) is 0 Å². The molecular formula is C20H18N4OS. The molecule has 6 heteroatoms. The van der Waals surface area contributed by atoms with Gasteiger partial charge in [0.1, 0.15) is 10.8 Å². The Bertz CT molecular complexity index is 1040. The van der Waals surface area contributed by atoms with Gasteiger partial charge in [0.2, 0.25) is 0 Å². The summed E-state index contributed by atoms with van der Waals surface area (Å²) in [6.45, 7) is 2.11. The number of aromatic nitrogens is 4. The van der Waals surface area contributed by atoms with Crippen molar-refractivity contribution in [2.75, 3.05) is 7.11 Å². The fraction of sp³-hybridized carbons (Fsp3) is 0.150. The SMILES string of the molecule is COc1ccc(-c2nnc3ccc(SCc4cccc(C)c4)nn23)cc1. The normalized spacial score (nSPS) is 11.0. The summed E-state index contributed by atoms with van der Waals surface area (Å²) in [6.07, 6.45) is 0. The average Bonchev–Trinajstić information content (AvgIpc) is 3.10. The van der Waals surface area contributed by atoms with Gasteiger partial charge in [-0.3, -0.25) is 0 Å². The number of nitrogens with zero attached hydrogens (tertiary/aromatic N) is 4. The molecular weight excluding hydrogens is 344 g/mol. The highest BCUT2D eigenvalue weighted by Crippen LogP contribution is 2.24. The zero-order chi connectivity index (χ0) is 17.9. The molecule has 0 aliphatic carbocycles. The predicted octanol–water partition coefficient (Wildman–Crippen LogP) is 4.40. The average molecular weight is 362 g/mol. The number of thioether (sulfide) groups is 1. The minimum Gasteiger partial charge on any atom is -0.497 e. The summed E-state index contributed by atoms with van der Waals surface area (Å²) < 4.78 is 7.01. The Kier molecular flexibility index (Phi) is 4.58.